The third kappa shape index (κ3) is 4.07. The lowest BCUT2D eigenvalue weighted by atomic mass is 10.2. The van der Waals surface area contributed by atoms with E-state index in [0.717, 1.165) is 12.8 Å². The van der Waals surface area contributed by atoms with E-state index in [-0.39, 0.29) is 12.6 Å². The van der Waals surface area contributed by atoms with Gasteiger partial charge in [0.1, 0.15) is 12.0 Å². The van der Waals surface area contributed by atoms with Gasteiger partial charge in [0.05, 0.1) is 6.61 Å². The van der Waals surface area contributed by atoms with Gasteiger partial charge in [-0.3, -0.25) is 0 Å². The highest BCUT2D eigenvalue weighted by Crippen LogP contribution is 2.25. The number of nitrogens with zero attached hydrogens (tertiary/aromatic N) is 2. The Balaban J connectivity index is 2.67. The molecular formula is C11H20N4O2. The first-order valence-corrected chi connectivity index (χ1v) is 5.79. The van der Waals surface area contributed by atoms with Gasteiger partial charge in [-0.2, -0.15) is 4.98 Å². The molecule has 0 amide bonds. The number of nitrogen functional groups attached to an aromatic ring is 1. The van der Waals surface area contributed by atoms with E-state index in [1.165, 1.54) is 6.33 Å². The Hall–Kier alpha value is -1.56. The maximum Gasteiger partial charge on any atom is 0.242 e. The molecule has 0 saturated heterocycles. The molecular weight excluding hydrogens is 220 g/mol. The molecule has 1 unspecified atom stereocenters. The van der Waals surface area contributed by atoms with Crippen molar-refractivity contribution < 1.29 is 9.84 Å². The quantitative estimate of drug-likeness (QED) is 0.659. The van der Waals surface area contributed by atoms with E-state index in [2.05, 4.69) is 15.3 Å². The lowest BCUT2D eigenvalue weighted by Gasteiger charge is -2.16. The molecule has 1 atom stereocenters. The van der Waals surface area contributed by atoms with Crippen molar-refractivity contribution in [2.75, 3.05) is 24.3 Å². The van der Waals surface area contributed by atoms with Crippen LogP contribution in [0, 0.1) is 0 Å². The van der Waals surface area contributed by atoms with Crippen LogP contribution < -0.4 is 15.8 Å². The fourth-order valence-corrected chi connectivity index (χ4v) is 1.45. The zero-order valence-electron chi connectivity index (χ0n) is 10.3. The summed E-state index contributed by atoms with van der Waals surface area (Å²) < 4.78 is 5.28. The van der Waals surface area contributed by atoms with Crippen molar-refractivity contribution >= 4 is 11.5 Å². The predicted octanol–water partition coefficient (Wildman–Crippen LogP) is 1.03. The molecule has 17 heavy (non-hydrogen) atoms. The van der Waals surface area contributed by atoms with Gasteiger partial charge in [0, 0.05) is 12.6 Å². The fraction of sp³-hybridized carbons (Fsp3) is 0.636. The van der Waals surface area contributed by atoms with Crippen molar-refractivity contribution in [3.63, 3.8) is 0 Å². The SMILES string of the molecule is CCOc1ncnc(NC(C)CCCO)c1N. The Morgan fingerprint density at radius 1 is 1.53 bits per heavy atom. The molecule has 4 N–H and O–H groups in total. The molecule has 1 aromatic heterocycles. The standard InChI is InChI=1S/C11H20N4O2/c1-3-17-11-9(12)10(13-7-14-11)15-8(2)5-4-6-16/h7-8,16H,3-6,12H2,1-2H3,(H,13,14,15). The Morgan fingerprint density at radius 2 is 2.29 bits per heavy atom. The largest absolute Gasteiger partial charge is 0.476 e. The fourth-order valence-electron chi connectivity index (χ4n) is 1.45. The number of nitrogens with two attached hydrogens (primary N) is 1. The maximum absolute atomic E-state index is 8.75. The lowest BCUT2D eigenvalue weighted by molar-refractivity contribution is 0.282. The van der Waals surface area contributed by atoms with Crippen LogP contribution in [0.1, 0.15) is 26.7 Å². The summed E-state index contributed by atoms with van der Waals surface area (Å²) in [5.41, 5.74) is 6.31. The van der Waals surface area contributed by atoms with Crippen LogP contribution in [0.2, 0.25) is 0 Å². The van der Waals surface area contributed by atoms with E-state index < -0.39 is 0 Å². The van der Waals surface area contributed by atoms with Crippen molar-refractivity contribution in [1.29, 1.82) is 0 Å². The summed E-state index contributed by atoms with van der Waals surface area (Å²) in [7, 11) is 0. The van der Waals surface area contributed by atoms with Crippen LogP contribution in [0.15, 0.2) is 6.33 Å². The second-order valence-electron chi connectivity index (χ2n) is 3.79. The van der Waals surface area contributed by atoms with Gasteiger partial charge in [0.15, 0.2) is 5.82 Å². The van der Waals surface area contributed by atoms with Gasteiger partial charge in [-0.25, -0.2) is 4.98 Å². The van der Waals surface area contributed by atoms with Crippen LogP contribution in [-0.2, 0) is 0 Å². The van der Waals surface area contributed by atoms with Crippen LogP contribution >= 0.6 is 0 Å². The van der Waals surface area contributed by atoms with Crippen molar-refractivity contribution in [2.24, 2.45) is 0 Å². The van der Waals surface area contributed by atoms with Crippen LogP contribution in [-0.4, -0.2) is 34.3 Å². The van der Waals surface area contributed by atoms with E-state index in [4.69, 9.17) is 15.6 Å². The van der Waals surface area contributed by atoms with E-state index in [0.29, 0.717) is 24.0 Å². The lowest BCUT2D eigenvalue weighted by Crippen LogP contribution is -2.18. The second kappa shape index (κ2) is 6.90. The summed E-state index contributed by atoms with van der Waals surface area (Å²) >= 11 is 0. The van der Waals surface area contributed by atoms with Crippen LogP contribution in [0.4, 0.5) is 11.5 Å². The summed E-state index contributed by atoms with van der Waals surface area (Å²) in [5, 5.41) is 11.9. The predicted molar refractivity (Wildman–Crippen MR) is 67.0 cm³/mol. The molecule has 0 aliphatic heterocycles. The minimum Gasteiger partial charge on any atom is -0.476 e. The Morgan fingerprint density at radius 3 is 2.94 bits per heavy atom. The van der Waals surface area contributed by atoms with Gasteiger partial charge in [-0.1, -0.05) is 0 Å². The van der Waals surface area contributed by atoms with Crippen molar-refractivity contribution in [1.82, 2.24) is 9.97 Å². The number of hydrogen-bond donors (Lipinski definition) is 3. The summed E-state index contributed by atoms with van der Waals surface area (Å²) in [6, 6.07) is 0.189. The van der Waals surface area contributed by atoms with Gasteiger partial charge in [-0.05, 0) is 26.7 Å². The number of hydrogen-bond acceptors (Lipinski definition) is 6. The minimum absolute atomic E-state index is 0.189. The van der Waals surface area contributed by atoms with E-state index in [1.54, 1.807) is 0 Å². The molecule has 0 aliphatic rings. The highest BCUT2D eigenvalue weighted by atomic mass is 16.5. The summed E-state index contributed by atoms with van der Waals surface area (Å²) in [6.07, 6.45) is 3.02. The number of aliphatic hydroxyl groups is 1. The van der Waals surface area contributed by atoms with Crippen LogP contribution in [0.3, 0.4) is 0 Å². The van der Waals surface area contributed by atoms with Crippen LogP contribution in [0.5, 0.6) is 5.88 Å². The van der Waals surface area contributed by atoms with E-state index in [1.807, 2.05) is 13.8 Å². The Bertz CT molecular complexity index is 346. The smallest absolute Gasteiger partial charge is 0.242 e. The summed E-state index contributed by atoms with van der Waals surface area (Å²) in [6.45, 7) is 4.59. The molecule has 1 heterocycles. The van der Waals surface area contributed by atoms with Crippen LogP contribution in [0.25, 0.3) is 0 Å². The topological polar surface area (TPSA) is 93.3 Å². The monoisotopic (exact) mass is 240 g/mol. The molecule has 1 rings (SSSR count). The Kier molecular flexibility index (Phi) is 5.48. The number of anilines is 2. The zero-order valence-corrected chi connectivity index (χ0v) is 10.3. The summed E-state index contributed by atoms with van der Waals surface area (Å²) in [4.78, 5) is 8.04. The minimum atomic E-state index is 0.189. The number of aromatic nitrogens is 2. The number of aliphatic hydroxyl groups excluding tert-OH is 1. The second-order valence-corrected chi connectivity index (χ2v) is 3.79. The maximum atomic E-state index is 8.75. The van der Waals surface area contributed by atoms with Crippen molar-refractivity contribution in [2.45, 2.75) is 32.7 Å². The first kappa shape index (κ1) is 13.5. The van der Waals surface area contributed by atoms with Gasteiger partial charge in [-0.15, -0.1) is 0 Å². The molecule has 6 nitrogen and oxygen atoms in total. The third-order valence-corrected chi connectivity index (χ3v) is 2.31. The van der Waals surface area contributed by atoms with Gasteiger partial charge in [0.2, 0.25) is 5.88 Å². The van der Waals surface area contributed by atoms with Crippen molar-refractivity contribution in [3.05, 3.63) is 6.33 Å². The first-order valence-electron chi connectivity index (χ1n) is 5.79. The molecule has 6 heteroatoms. The number of nitrogens with one attached hydrogen (secondary N) is 1. The number of ether oxygens (including phenoxy) is 1. The third-order valence-electron chi connectivity index (χ3n) is 2.31. The molecule has 0 bridgehead atoms. The van der Waals surface area contributed by atoms with Gasteiger partial charge >= 0.3 is 0 Å². The molecule has 0 spiro atoms. The normalized spacial score (nSPS) is 12.2. The van der Waals surface area contributed by atoms with Gasteiger partial charge in [0.25, 0.3) is 0 Å². The Labute approximate surface area is 101 Å². The molecule has 1 aromatic rings. The molecule has 0 fully saturated rings. The summed E-state index contributed by atoms with van der Waals surface area (Å²) in [5.74, 6) is 0.980. The first-order chi connectivity index (χ1) is 8.19. The molecule has 0 aromatic carbocycles. The zero-order chi connectivity index (χ0) is 12.7. The highest BCUT2D eigenvalue weighted by molar-refractivity contribution is 5.66. The molecule has 96 valence electrons. The molecule has 0 saturated carbocycles. The molecule has 0 radical (unpaired) electrons. The highest BCUT2D eigenvalue weighted by Gasteiger charge is 2.10. The van der Waals surface area contributed by atoms with Crippen molar-refractivity contribution in [3.8, 4) is 5.88 Å². The van der Waals surface area contributed by atoms with E-state index >= 15 is 0 Å². The van der Waals surface area contributed by atoms with E-state index in [9.17, 15) is 0 Å². The number of rotatable bonds is 7. The average molecular weight is 240 g/mol. The van der Waals surface area contributed by atoms with Gasteiger partial charge < -0.3 is 20.9 Å². The molecule has 0 aliphatic carbocycles. The average Bonchev–Trinajstić information content (AvgIpc) is 2.32.